The Hall–Kier alpha value is -0.910. The van der Waals surface area contributed by atoms with Gasteiger partial charge < -0.3 is 14.5 Å². The highest BCUT2D eigenvalue weighted by atomic mass is 19.3. The molecule has 0 bridgehead atoms. The first-order chi connectivity index (χ1) is 6.38. The van der Waals surface area contributed by atoms with E-state index in [0.29, 0.717) is 33.1 Å². The van der Waals surface area contributed by atoms with E-state index in [2.05, 4.69) is 4.74 Å². The highest BCUT2D eigenvalue weighted by Crippen LogP contribution is 2.15. The monoisotopic (exact) mass is 208 g/mol. The van der Waals surface area contributed by atoms with Crippen molar-refractivity contribution < 1.29 is 18.3 Å². The summed E-state index contributed by atoms with van der Waals surface area (Å²) >= 11 is 0. The molecule has 0 aromatic heterocycles. The normalized spacial score (nSPS) is 19.6. The number of piperazine rings is 1. The van der Waals surface area contributed by atoms with E-state index >= 15 is 0 Å². The predicted molar refractivity (Wildman–Crippen MR) is 46.2 cm³/mol. The molecule has 1 saturated heterocycles. The molecular weight excluding hydrogens is 194 g/mol. The Kier molecular flexibility index (Phi) is 3.25. The third-order valence-corrected chi connectivity index (χ3v) is 2.03. The van der Waals surface area contributed by atoms with Crippen LogP contribution in [0.15, 0.2) is 0 Å². The van der Waals surface area contributed by atoms with Gasteiger partial charge in [-0.2, -0.15) is 8.78 Å². The molecule has 1 heterocycles. The summed E-state index contributed by atoms with van der Waals surface area (Å²) in [4.78, 5) is 14.4. The molecule has 0 aromatic rings. The molecule has 0 spiro atoms. The minimum atomic E-state index is -3.39. The summed E-state index contributed by atoms with van der Waals surface area (Å²) in [5.41, 5.74) is 0. The number of carbonyl (C=O) groups excluding carboxylic acids is 1. The van der Waals surface area contributed by atoms with Crippen LogP contribution in [0.2, 0.25) is 0 Å². The van der Waals surface area contributed by atoms with Crippen LogP contribution in [0.5, 0.6) is 0 Å². The largest absolute Gasteiger partial charge is 0.414 e. The van der Waals surface area contributed by atoms with Gasteiger partial charge in [0.1, 0.15) is 0 Å². The van der Waals surface area contributed by atoms with Gasteiger partial charge in [-0.15, -0.1) is 0 Å². The highest BCUT2D eigenvalue weighted by molar-refractivity contribution is 5.68. The van der Waals surface area contributed by atoms with Crippen molar-refractivity contribution in [3.05, 3.63) is 0 Å². The molecule has 1 aliphatic heterocycles. The van der Waals surface area contributed by atoms with Crippen molar-refractivity contribution in [1.29, 1.82) is 0 Å². The lowest BCUT2D eigenvalue weighted by atomic mass is 10.3. The van der Waals surface area contributed by atoms with Gasteiger partial charge >= 0.3 is 12.2 Å². The zero-order valence-electron chi connectivity index (χ0n) is 8.30. The van der Waals surface area contributed by atoms with Gasteiger partial charge in [0.25, 0.3) is 0 Å². The second-order valence-electron chi connectivity index (χ2n) is 3.47. The van der Waals surface area contributed by atoms with E-state index in [1.54, 1.807) is 0 Å². The summed E-state index contributed by atoms with van der Waals surface area (Å²) in [5.74, 6) is 0. The van der Waals surface area contributed by atoms with Crippen molar-refractivity contribution in [3.8, 4) is 0 Å². The van der Waals surface area contributed by atoms with Crippen molar-refractivity contribution in [3.63, 3.8) is 0 Å². The maximum Gasteiger partial charge on any atom is 0.414 e. The van der Waals surface area contributed by atoms with Crippen LogP contribution >= 0.6 is 0 Å². The number of carbonyl (C=O) groups is 1. The number of alkyl halides is 2. The topological polar surface area (TPSA) is 32.8 Å². The van der Waals surface area contributed by atoms with Crippen molar-refractivity contribution in [1.82, 2.24) is 9.80 Å². The van der Waals surface area contributed by atoms with Gasteiger partial charge in [-0.25, -0.2) is 4.79 Å². The van der Waals surface area contributed by atoms with Crippen LogP contribution in [0.25, 0.3) is 0 Å². The number of halogens is 2. The fourth-order valence-corrected chi connectivity index (χ4v) is 1.21. The van der Waals surface area contributed by atoms with Crippen molar-refractivity contribution in [2.75, 3.05) is 33.2 Å². The van der Waals surface area contributed by atoms with E-state index < -0.39 is 12.2 Å². The minimum Gasteiger partial charge on any atom is -0.384 e. The van der Waals surface area contributed by atoms with E-state index in [4.69, 9.17) is 0 Å². The fourth-order valence-electron chi connectivity index (χ4n) is 1.21. The fraction of sp³-hybridized carbons (Fsp3) is 0.875. The van der Waals surface area contributed by atoms with Gasteiger partial charge in [0.2, 0.25) is 0 Å². The van der Waals surface area contributed by atoms with Gasteiger partial charge in [-0.05, 0) is 7.05 Å². The first-order valence-electron chi connectivity index (χ1n) is 4.43. The molecule has 0 aliphatic carbocycles. The molecule has 0 aromatic carbocycles. The Balaban J connectivity index is 2.38. The molecule has 0 radical (unpaired) electrons. The number of likely N-dealkylation sites (N-methyl/N-ethyl adjacent to an activating group) is 1. The molecule has 4 nitrogen and oxygen atoms in total. The number of amides is 1. The molecule has 14 heavy (non-hydrogen) atoms. The van der Waals surface area contributed by atoms with Crippen LogP contribution in [0.1, 0.15) is 6.92 Å². The number of ether oxygens (including phenoxy) is 1. The average molecular weight is 208 g/mol. The first kappa shape index (κ1) is 11.2. The second-order valence-corrected chi connectivity index (χ2v) is 3.47. The summed E-state index contributed by atoms with van der Waals surface area (Å²) in [7, 11) is 1.91. The maximum absolute atomic E-state index is 12.3. The Labute approximate surface area is 81.4 Å². The Morgan fingerprint density at radius 2 is 1.79 bits per heavy atom. The summed E-state index contributed by atoms with van der Waals surface area (Å²) in [6, 6.07) is 0. The molecule has 0 N–H and O–H groups in total. The van der Waals surface area contributed by atoms with Crippen molar-refractivity contribution in [2.24, 2.45) is 0 Å². The van der Waals surface area contributed by atoms with Gasteiger partial charge in [0, 0.05) is 33.1 Å². The number of hydrogen-bond donors (Lipinski definition) is 0. The number of rotatable bonds is 1. The van der Waals surface area contributed by atoms with Crippen LogP contribution < -0.4 is 0 Å². The predicted octanol–water partition coefficient (Wildman–Crippen LogP) is 0.983. The Morgan fingerprint density at radius 3 is 2.21 bits per heavy atom. The molecule has 1 rings (SSSR count). The summed E-state index contributed by atoms with van der Waals surface area (Å²) < 4.78 is 28.6. The van der Waals surface area contributed by atoms with E-state index in [9.17, 15) is 13.6 Å². The second kappa shape index (κ2) is 4.08. The lowest BCUT2D eigenvalue weighted by Crippen LogP contribution is -2.48. The Bertz CT molecular complexity index is 210. The summed E-state index contributed by atoms with van der Waals surface area (Å²) in [6.07, 6.45) is -4.33. The molecular formula is C8H14F2N2O2. The third kappa shape index (κ3) is 3.45. The molecule has 0 saturated carbocycles. The zero-order valence-corrected chi connectivity index (χ0v) is 8.30. The van der Waals surface area contributed by atoms with Crippen LogP contribution in [0.4, 0.5) is 13.6 Å². The lowest BCUT2D eigenvalue weighted by molar-refractivity contribution is -0.189. The van der Waals surface area contributed by atoms with Gasteiger partial charge in [0.05, 0.1) is 0 Å². The molecule has 1 fully saturated rings. The van der Waals surface area contributed by atoms with Gasteiger partial charge in [-0.1, -0.05) is 0 Å². The molecule has 1 amide bonds. The molecule has 0 unspecified atom stereocenters. The SMILES string of the molecule is CN1CCN(C(=O)OC(C)(F)F)CC1. The van der Waals surface area contributed by atoms with E-state index in [0.717, 1.165) is 0 Å². The van der Waals surface area contributed by atoms with Crippen molar-refractivity contribution >= 4 is 6.09 Å². The van der Waals surface area contributed by atoms with E-state index in [1.165, 1.54) is 4.90 Å². The average Bonchev–Trinajstić information content (AvgIpc) is 2.02. The van der Waals surface area contributed by atoms with Crippen LogP contribution in [-0.4, -0.2) is 55.2 Å². The molecule has 6 heteroatoms. The minimum absolute atomic E-state index is 0.436. The Morgan fingerprint density at radius 1 is 1.29 bits per heavy atom. The van der Waals surface area contributed by atoms with Gasteiger partial charge in [-0.3, -0.25) is 0 Å². The number of nitrogens with zero attached hydrogens (tertiary/aromatic N) is 2. The van der Waals surface area contributed by atoms with Crippen molar-refractivity contribution in [2.45, 2.75) is 13.0 Å². The number of hydrogen-bond acceptors (Lipinski definition) is 3. The standard InChI is InChI=1S/C8H14F2N2O2/c1-8(9,10)14-7(13)12-5-3-11(2)4-6-12/h3-6H2,1-2H3. The van der Waals surface area contributed by atoms with E-state index in [-0.39, 0.29) is 0 Å². The molecule has 82 valence electrons. The van der Waals surface area contributed by atoms with Gasteiger partial charge in [0.15, 0.2) is 0 Å². The lowest BCUT2D eigenvalue weighted by Gasteiger charge is -2.32. The summed E-state index contributed by atoms with van der Waals surface area (Å²) in [5, 5.41) is 0. The molecule has 1 aliphatic rings. The maximum atomic E-state index is 12.3. The van der Waals surface area contributed by atoms with Crippen LogP contribution in [0, 0.1) is 0 Å². The highest BCUT2D eigenvalue weighted by Gasteiger charge is 2.30. The quantitative estimate of drug-likeness (QED) is 0.644. The smallest absolute Gasteiger partial charge is 0.384 e. The third-order valence-electron chi connectivity index (χ3n) is 2.03. The van der Waals surface area contributed by atoms with Crippen LogP contribution in [-0.2, 0) is 4.74 Å². The zero-order chi connectivity index (χ0) is 10.8. The van der Waals surface area contributed by atoms with Crippen LogP contribution in [0.3, 0.4) is 0 Å². The molecule has 0 atom stereocenters. The first-order valence-corrected chi connectivity index (χ1v) is 4.43. The summed E-state index contributed by atoms with van der Waals surface area (Å²) in [6.45, 7) is 2.80. The van der Waals surface area contributed by atoms with E-state index in [1.807, 2.05) is 11.9 Å².